The van der Waals surface area contributed by atoms with Crippen LogP contribution in [0.15, 0.2) is 41.5 Å². The minimum Gasteiger partial charge on any atom is -0.488 e. The van der Waals surface area contributed by atoms with E-state index in [0.29, 0.717) is 17.9 Å². The van der Waals surface area contributed by atoms with Crippen molar-refractivity contribution in [1.29, 1.82) is 0 Å². The number of hydrazone groups is 1. The van der Waals surface area contributed by atoms with Gasteiger partial charge in [-0.05, 0) is 53.3 Å². The molecule has 4 nitrogen and oxygen atoms in total. The molecule has 0 saturated carbocycles. The Morgan fingerprint density at radius 1 is 1.10 bits per heavy atom. The molecule has 0 unspecified atom stereocenters. The van der Waals surface area contributed by atoms with Gasteiger partial charge in [-0.2, -0.15) is 10.1 Å². The van der Waals surface area contributed by atoms with Crippen molar-refractivity contribution >= 4 is 46.0 Å². The van der Waals surface area contributed by atoms with E-state index in [1.807, 2.05) is 22.6 Å². The van der Waals surface area contributed by atoms with Crippen LogP contribution in [0.3, 0.4) is 0 Å². The number of carbonyl (C=O) groups is 1. The number of carbonyl (C=O) groups excluding carboxylic acids is 1. The predicted octanol–water partition coefficient (Wildman–Crippen LogP) is 5.36. The zero-order valence-electron chi connectivity index (χ0n) is 15.3. The van der Waals surface area contributed by atoms with Crippen LogP contribution in [0.25, 0.3) is 6.08 Å². The van der Waals surface area contributed by atoms with Crippen molar-refractivity contribution in [1.82, 2.24) is 0 Å². The van der Waals surface area contributed by atoms with Gasteiger partial charge < -0.3 is 4.74 Å². The number of anilines is 1. The molecule has 10 heteroatoms. The maximum absolute atomic E-state index is 14.1. The van der Waals surface area contributed by atoms with Crippen LogP contribution in [0.4, 0.5) is 27.6 Å². The first-order valence-electron chi connectivity index (χ1n) is 8.33. The van der Waals surface area contributed by atoms with Crippen LogP contribution in [0, 0.1) is 32.7 Å². The highest BCUT2D eigenvalue weighted by Gasteiger charge is 2.37. The van der Waals surface area contributed by atoms with Crippen LogP contribution in [-0.4, -0.2) is 18.2 Å². The third kappa shape index (κ3) is 3.83. The molecule has 1 aliphatic heterocycles. The van der Waals surface area contributed by atoms with E-state index in [1.54, 1.807) is 24.3 Å². The van der Waals surface area contributed by atoms with E-state index in [9.17, 15) is 26.7 Å². The Morgan fingerprint density at radius 3 is 2.27 bits per heavy atom. The summed E-state index contributed by atoms with van der Waals surface area (Å²) in [4.78, 5) is 12.7. The van der Waals surface area contributed by atoms with Gasteiger partial charge in [-0.15, -0.1) is 0 Å². The first-order chi connectivity index (χ1) is 14.2. The van der Waals surface area contributed by atoms with E-state index >= 15 is 0 Å². The fourth-order valence-electron chi connectivity index (χ4n) is 2.65. The molecule has 0 spiro atoms. The lowest BCUT2D eigenvalue weighted by atomic mass is 10.1. The number of rotatable bonds is 5. The summed E-state index contributed by atoms with van der Waals surface area (Å²) in [6.07, 6.45) is 2.98. The second kappa shape index (κ2) is 8.54. The summed E-state index contributed by atoms with van der Waals surface area (Å²) in [7, 11) is 0. The number of hydrogen-bond acceptors (Lipinski definition) is 3. The van der Waals surface area contributed by atoms with Crippen molar-refractivity contribution in [2.24, 2.45) is 5.10 Å². The highest BCUT2D eigenvalue weighted by molar-refractivity contribution is 14.1. The van der Waals surface area contributed by atoms with E-state index in [0.717, 1.165) is 3.57 Å². The molecular formula is C20H12F5IN2O2. The molecule has 0 aliphatic carbocycles. The molecule has 0 atom stereocenters. The van der Waals surface area contributed by atoms with E-state index < -0.39 is 40.7 Å². The Bertz CT molecular complexity index is 1100. The van der Waals surface area contributed by atoms with Crippen molar-refractivity contribution in [3.05, 3.63) is 74.6 Å². The third-order valence-corrected chi connectivity index (χ3v) is 4.93. The number of halogens is 6. The predicted molar refractivity (Wildman–Crippen MR) is 110 cm³/mol. The molecule has 156 valence electrons. The van der Waals surface area contributed by atoms with Crippen LogP contribution in [0.1, 0.15) is 12.5 Å². The summed E-state index contributed by atoms with van der Waals surface area (Å²) in [5.74, 6) is -11.4. The van der Waals surface area contributed by atoms with Crippen LogP contribution < -0.4 is 9.75 Å². The van der Waals surface area contributed by atoms with Crippen LogP contribution in [0.5, 0.6) is 5.75 Å². The lowest BCUT2D eigenvalue weighted by Crippen LogP contribution is -2.25. The van der Waals surface area contributed by atoms with Gasteiger partial charge in [0.1, 0.15) is 18.0 Å². The van der Waals surface area contributed by atoms with Crippen molar-refractivity contribution in [3.63, 3.8) is 0 Å². The zero-order chi connectivity index (χ0) is 22.2. The molecule has 0 saturated heterocycles. The van der Waals surface area contributed by atoms with Gasteiger partial charge in [-0.1, -0.05) is 18.7 Å². The number of ether oxygens (including phenoxy) is 1. The van der Waals surface area contributed by atoms with Crippen molar-refractivity contribution in [2.45, 2.75) is 6.92 Å². The Kier molecular flexibility index (Phi) is 6.25. The molecule has 30 heavy (non-hydrogen) atoms. The van der Waals surface area contributed by atoms with E-state index in [1.165, 1.54) is 13.0 Å². The maximum atomic E-state index is 14.1. The molecule has 1 heterocycles. The fraction of sp³-hybridized carbons (Fsp3) is 0.100. The minimum absolute atomic E-state index is 0.0472. The van der Waals surface area contributed by atoms with E-state index in [-0.39, 0.29) is 16.3 Å². The second-order valence-corrected chi connectivity index (χ2v) is 7.23. The highest BCUT2D eigenvalue weighted by Crippen LogP contribution is 2.34. The number of benzene rings is 2. The standard InChI is InChI=1S/C20H12F5IN2O2/c1-3-6-30-13-5-4-10(8-12(13)26)7-11-9(2)27-28(20(11)29)19-17(24)15(22)14(21)16(23)18(19)25/h3-5,7-8H,1,6H2,2H3/b11-7+. The minimum atomic E-state index is -2.31. The van der Waals surface area contributed by atoms with Crippen molar-refractivity contribution in [2.75, 3.05) is 11.6 Å². The molecule has 0 N–H and O–H groups in total. The Labute approximate surface area is 181 Å². The largest absolute Gasteiger partial charge is 0.488 e. The smallest absolute Gasteiger partial charge is 0.280 e. The number of hydrogen-bond donors (Lipinski definition) is 0. The molecule has 1 amide bonds. The normalized spacial score (nSPS) is 15.0. The van der Waals surface area contributed by atoms with Gasteiger partial charge in [0.05, 0.1) is 14.9 Å². The van der Waals surface area contributed by atoms with E-state index in [2.05, 4.69) is 11.7 Å². The summed E-state index contributed by atoms with van der Waals surface area (Å²) >= 11 is 2.02. The molecule has 1 aliphatic rings. The lowest BCUT2D eigenvalue weighted by molar-refractivity contribution is -0.114. The van der Waals surface area contributed by atoms with Gasteiger partial charge in [-0.3, -0.25) is 4.79 Å². The number of nitrogens with zero attached hydrogens (tertiary/aromatic N) is 2. The van der Waals surface area contributed by atoms with Crippen LogP contribution in [0.2, 0.25) is 0 Å². The van der Waals surface area contributed by atoms with E-state index in [4.69, 9.17) is 4.74 Å². The first kappa shape index (κ1) is 21.9. The fourth-order valence-corrected chi connectivity index (χ4v) is 3.35. The molecule has 3 rings (SSSR count). The zero-order valence-corrected chi connectivity index (χ0v) is 17.4. The lowest BCUT2D eigenvalue weighted by Gasteiger charge is -2.15. The Hall–Kier alpha value is -2.76. The second-order valence-electron chi connectivity index (χ2n) is 6.07. The van der Waals surface area contributed by atoms with Gasteiger partial charge in [-0.25, -0.2) is 22.0 Å². The Balaban J connectivity index is 1.99. The summed E-state index contributed by atoms with van der Waals surface area (Å²) in [6.45, 7) is 5.24. The molecule has 0 aromatic heterocycles. The highest BCUT2D eigenvalue weighted by atomic mass is 127. The summed E-state index contributed by atoms with van der Waals surface area (Å²) in [6, 6.07) is 4.98. The van der Waals surface area contributed by atoms with Gasteiger partial charge in [0.2, 0.25) is 5.82 Å². The monoisotopic (exact) mass is 534 g/mol. The van der Waals surface area contributed by atoms with Gasteiger partial charge >= 0.3 is 0 Å². The van der Waals surface area contributed by atoms with Gasteiger partial charge in [0.15, 0.2) is 23.3 Å². The Morgan fingerprint density at radius 2 is 1.70 bits per heavy atom. The quantitative estimate of drug-likeness (QED) is 0.130. The summed E-state index contributed by atoms with van der Waals surface area (Å²) < 4.78 is 74.6. The third-order valence-electron chi connectivity index (χ3n) is 4.08. The van der Waals surface area contributed by atoms with Gasteiger partial charge in [0, 0.05) is 0 Å². The summed E-state index contributed by atoms with van der Waals surface area (Å²) in [5.41, 5.74) is -0.898. The molecular weight excluding hydrogens is 522 g/mol. The number of amides is 1. The molecule has 2 aromatic rings. The van der Waals surface area contributed by atoms with Gasteiger partial charge in [0.25, 0.3) is 5.91 Å². The molecule has 0 fully saturated rings. The van der Waals surface area contributed by atoms with Crippen LogP contribution in [-0.2, 0) is 4.79 Å². The average Bonchev–Trinajstić information content (AvgIpc) is 2.98. The first-order valence-corrected chi connectivity index (χ1v) is 9.41. The molecule has 0 radical (unpaired) electrons. The SMILES string of the molecule is C=CCOc1ccc(/C=C2/C(=O)N(c3c(F)c(F)c(F)c(F)c3F)N=C2C)cc1I. The average molecular weight is 534 g/mol. The summed E-state index contributed by atoms with van der Waals surface area (Å²) in [5, 5.41) is 3.86. The van der Waals surface area contributed by atoms with Crippen molar-refractivity contribution < 1.29 is 31.5 Å². The maximum Gasteiger partial charge on any atom is 0.280 e. The molecule has 0 bridgehead atoms. The van der Waals surface area contributed by atoms with Crippen LogP contribution >= 0.6 is 22.6 Å². The molecule has 2 aromatic carbocycles. The van der Waals surface area contributed by atoms with Crippen molar-refractivity contribution in [3.8, 4) is 5.75 Å². The topological polar surface area (TPSA) is 41.9 Å².